The third-order valence-electron chi connectivity index (χ3n) is 6.92. The second-order valence-corrected chi connectivity index (χ2v) is 11.3. The van der Waals surface area contributed by atoms with Gasteiger partial charge in [0.1, 0.15) is 5.75 Å². The number of anilines is 1. The van der Waals surface area contributed by atoms with Crippen LogP contribution < -0.4 is 14.9 Å². The second-order valence-electron chi connectivity index (χ2n) is 9.25. The van der Waals surface area contributed by atoms with Gasteiger partial charge in [-0.05, 0) is 80.2 Å². The summed E-state index contributed by atoms with van der Waals surface area (Å²) in [6.07, 6.45) is 8.96. The number of halogens is 2. The molecule has 2 aliphatic rings. The lowest BCUT2D eigenvalue weighted by atomic mass is 9.81. The molecule has 0 aromatic heterocycles. The van der Waals surface area contributed by atoms with Crippen LogP contribution in [0.25, 0.3) is 0 Å². The van der Waals surface area contributed by atoms with E-state index in [9.17, 15) is 8.42 Å². The van der Waals surface area contributed by atoms with Crippen molar-refractivity contribution in [2.45, 2.75) is 57.1 Å². The van der Waals surface area contributed by atoms with Gasteiger partial charge in [0.15, 0.2) is 0 Å². The van der Waals surface area contributed by atoms with E-state index in [1.807, 2.05) is 29.3 Å². The average molecular weight is 531 g/mol. The van der Waals surface area contributed by atoms with E-state index in [-0.39, 0.29) is 37.0 Å². The summed E-state index contributed by atoms with van der Waals surface area (Å²) in [5, 5.41) is 1.97. The summed E-state index contributed by atoms with van der Waals surface area (Å²) in [6.45, 7) is 0.873. The summed E-state index contributed by atoms with van der Waals surface area (Å²) in [4.78, 5) is 0. The van der Waals surface area contributed by atoms with Gasteiger partial charge in [0, 0.05) is 13.6 Å². The number of ether oxygens (including phenoxy) is 1. The van der Waals surface area contributed by atoms with E-state index >= 15 is 0 Å². The summed E-state index contributed by atoms with van der Waals surface area (Å²) in [7, 11) is -1.74. The molecule has 9 heteroatoms. The van der Waals surface area contributed by atoms with Crippen LogP contribution in [0.4, 0.5) is 5.69 Å². The molecule has 1 heterocycles. The molecular weight excluding hydrogens is 493 g/mol. The van der Waals surface area contributed by atoms with Crippen molar-refractivity contribution in [2.75, 3.05) is 24.2 Å². The number of hydrazine groups is 1. The zero-order valence-electron chi connectivity index (χ0n) is 19.9. The minimum absolute atomic E-state index is 0. The third-order valence-corrected chi connectivity index (χ3v) is 8.12. The molecule has 1 aliphatic heterocycles. The fourth-order valence-corrected chi connectivity index (χ4v) is 5.62. The predicted molar refractivity (Wildman–Crippen MR) is 144 cm³/mol. The fraction of sp³-hybridized carbons (Fsp3) is 0.520. The Balaban J connectivity index is 0.00000204. The van der Waals surface area contributed by atoms with Crippen molar-refractivity contribution >= 4 is 40.5 Å². The van der Waals surface area contributed by atoms with Gasteiger partial charge in [0.05, 0.1) is 24.1 Å². The number of hydrogen-bond donors (Lipinski definition) is 1. The standard InChI is InChI=1S/C25H35N3O3S.2ClH/c1-27(32(2,29)30)22-14-15-24(31-23-12-6-7-13-23)21(18-22)17-20-11-8-16-28(26)25(20)19-9-4-3-5-10-19;;/h3-5,9-10,14-15,18,20,23,25H,6-8,11-13,16-17,26H2,1-2H3;2*1H. The van der Waals surface area contributed by atoms with Crippen molar-refractivity contribution in [3.8, 4) is 5.75 Å². The van der Waals surface area contributed by atoms with Crippen LogP contribution in [0.3, 0.4) is 0 Å². The van der Waals surface area contributed by atoms with Crippen LogP contribution in [0, 0.1) is 5.92 Å². The molecule has 0 spiro atoms. The summed E-state index contributed by atoms with van der Waals surface area (Å²) in [5.41, 5.74) is 2.95. The van der Waals surface area contributed by atoms with E-state index < -0.39 is 10.0 Å². The van der Waals surface area contributed by atoms with E-state index in [1.165, 1.54) is 29.0 Å². The Bertz CT molecular complexity index is 1020. The van der Waals surface area contributed by atoms with Crippen LogP contribution in [-0.2, 0) is 16.4 Å². The van der Waals surface area contributed by atoms with Crippen molar-refractivity contribution < 1.29 is 13.2 Å². The smallest absolute Gasteiger partial charge is 0.231 e. The topological polar surface area (TPSA) is 75.9 Å². The highest BCUT2D eigenvalue weighted by Gasteiger charge is 2.32. The molecule has 2 aromatic carbocycles. The van der Waals surface area contributed by atoms with Gasteiger partial charge in [-0.1, -0.05) is 30.3 Å². The molecule has 1 saturated carbocycles. The van der Waals surface area contributed by atoms with Gasteiger partial charge >= 0.3 is 0 Å². The summed E-state index contributed by atoms with van der Waals surface area (Å²) >= 11 is 0. The molecule has 4 rings (SSSR count). The SMILES string of the molecule is CN(c1ccc(OC2CCCC2)c(CC2CCCN(N)C2c2ccccc2)c1)S(C)(=O)=O.Cl.Cl. The Hall–Kier alpha value is -1.51. The maximum Gasteiger partial charge on any atom is 0.231 e. The molecule has 0 amide bonds. The number of rotatable bonds is 7. The molecule has 2 aromatic rings. The number of nitrogens with zero attached hydrogens (tertiary/aromatic N) is 2. The van der Waals surface area contributed by atoms with Gasteiger partial charge in [-0.15, -0.1) is 24.8 Å². The Morgan fingerprint density at radius 2 is 1.71 bits per heavy atom. The first-order valence-electron chi connectivity index (χ1n) is 11.6. The van der Waals surface area contributed by atoms with Crippen molar-refractivity contribution in [3.63, 3.8) is 0 Å². The number of nitrogens with two attached hydrogens (primary N) is 1. The molecule has 2 N–H and O–H groups in total. The minimum Gasteiger partial charge on any atom is -0.490 e. The number of hydrogen-bond acceptors (Lipinski definition) is 5. The predicted octanol–water partition coefficient (Wildman–Crippen LogP) is 5.12. The Morgan fingerprint density at radius 1 is 1.03 bits per heavy atom. The fourth-order valence-electron chi connectivity index (χ4n) is 5.13. The van der Waals surface area contributed by atoms with Gasteiger partial charge < -0.3 is 4.74 Å². The van der Waals surface area contributed by atoms with Crippen LogP contribution in [0.5, 0.6) is 5.75 Å². The largest absolute Gasteiger partial charge is 0.490 e. The lowest BCUT2D eigenvalue weighted by molar-refractivity contribution is 0.0918. The highest BCUT2D eigenvalue weighted by molar-refractivity contribution is 7.92. The van der Waals surface area contributed by atoms with Gasteiger partial charge in [-0.25, -0.2) is 13.4 Å². The molecule has 1 saturated heterocycles. The third kappa shape index (κ3) is 6.79. The Labute approximate surface area is 216 Å². The van der Waals surface area contributed by atoms with E-state index in [0.29, 0.717) is 11.6 Å². The lowest BCUT2D eigenvalue weighted by Crippen LogP contribution is -2.44. The summed E-state index contributed by atoms with van der Waals surface area (Å²) < 4.78 is 32.1. The Morgan fingerprint density at radius 3 is 2.35 bits per heavy atom. The van der Waals surface area contributed by atoms with Crippen molar-refractivity contribution in [1.82, 2.24) is 5.01 Å². The monoisotopic (exact) mass is 529 g/mol. The van der Waals surface area contributed by atoms with Crippen LogP contribution in [0.1, 0.15) is 55.7 Å². The molecule has 2 unspecified atom stereocenters. The Kier molecular flexibility index (Phi) is 10.5. The van der Waals surface area contributed by atoms with Crippen LogP contribution in [-0.4, -0.2) is 39.4 Å². The van der Waals surface area contributed by atoms with Crippen LogP contribution in [0.2, 0.25) is 0 Å². The highest BCUT2D eigenvalue weighted by atomic mass is 35.5. The molecule has 6 nitrogen and oxygen atoms in total. The van der Waals surface area contributed by atoms with E-state index in [4.69, 9.17) is 10.6 Å². The van der Waals surface area contributed by atoms with Crippen LogP contribution >= 0.6 is 24.8 Å². The van der Waals surface area contributed by atoms with E-state index in [1.54, 1.807) is 7.05 Å². The number of sulfonamides is 1. The summed E-state index contributed by atoms with van der Waals surface area (Å²) in [5.74, 6) is 7.67. The van der Waals surface area contributed by atoms with Gasteiger partial charge in [0.2, 0.25) is 10.0 Å². The number of piperidine rings is 1. The van der Waals surface area contributed by atoms with Gasteiger partial charge in [0.25, 0.3) is 0 Å². The first kappa shape index (κ1) is 28.7. The van der Waals surface area contributed by atoms with Gasteiger partial charge in [-0.3, -0.25) is 10.1 Å². The lowest BCUT2D eigenvalue weighted by Gasteiger charge is -2.39. The maximum atomic E-state index is 12.1. The molecule has 2 atom stereocenters. The zero-order chi connectivity index (χ0) is 22.7. The molecule has 1 aliphatic carbocycles. The van der Waals surface area contributed by atoms with Crippen molar-refractivity contribution in [3.05, 3.63) is 59.7 Å². The van der Waals surface area contributed by atoms with Gasteiger partial charge in [-0.2, -0.15) is 0 Å². The second kappa shape index (κ2) is 12.5. The van der Waals surface area contributed by atoms with E-state index in [0.717, 1.165) is 50.0 Å². The molecule has 34 heavy (non-hydrogen) atoms. The average Bonchev–Trinajstić information content (AvgIpc) is 3.28. The summed E-state index contributed by atoms with van der Waals surface area (Å²) in [6, 6.07) is 16.4. The molecule has 0 bridgehead atoms. The first-order chi connectivity index (χ1) is 15.3. The normalized spacial score (nSPS) is 21.4. The molecular formula is C25H37Cl2N3O3S. The van der Waals surface area contributed by atoms with Crippen LogP contribution in [0.15, 0.2) is 48.5 Å². The molecule has 2 fully saturated rings. The quantitative estimate of drug-likeness (QED) is 0.503. The molecule has 0 radical (unpaired) electrons. The van der Waals surface area contributed by atoms with Crippen molar-refractivity contribution in [1.29, 1.82) is 0 Å². The van der Waals surface area contributed by atoms with Crippen molar-refractivity contribution in [2.24, 2.45) is 11.8 Å². The molecule has 190 valence electrons. The minimum atomic E-state index is -3.34. The first-order valence-corrected chi connectivity index (χ1v) is 13.5. The zero-order valence-corrected chi connectivity index (χ0v) is 22.4. The maximum absolute atomic E-state index is 12.1. The number of benzene rings is 2. The highest BCUT2D eigenvalue weighted by Crippen LogP contribution is 2.39. The van der Waals surface area contributed by atoms with E-state index in [2.05, 4.69) is 24.3 Å².